The number of carbonyl (C=O) groups excluding carboxylic acids is 1. The van der Waals surface area contributed by atoms with Crippen molar-refractivity contribution in [1.82, 2.24) is 9.88 Å². The average molecular weight is 472 g/mol. The fraction of sp³-hybridized carbons (Fsp3) is 0.273. The van der Waals surface area contributed by atoms with E-state index in [1.165, 1.54) is 10.8 Å². The molecule has 0 aliphatic carbocycles. The fourth-order valence-electron chi connectivity index (χ4n) is 3.59. The number of fused-ring (bicyclic) bond motifs is 1. The van der Waals surface area contributed by atoms with Gasteiger partial charge in [0.05, 0.1) is 11.1 Å². The number of nitrogens with zero attached hydrogens (tertiary/aromatic N) is 1. The Labute approximate surface area is 183 Å². The molecule has 1 aromatic heterocycles. The zero-order chi connectivity index (χ0) is 24.6. The Hall–Kier alpha value is -3.50. The zero-order valence-corrected chi connectivity index (χ0v) is 17.1. The predicted molar refractivity (Wildman–Crippen MR) is 106 cm³/mol. The van der Waals surface area contributed by atoms with Crippen molar-refractivity contribution < 1.29 is 41.0 Å². The fourth-order valence-corrected chi connectivity index (χ4v) is 3.59. The van der Waals surface area contributed by atoms with Crippen LogP contribution in [0.1, 0.15) is 29.2 Å². The van der Waals surface area contributed by atoms with E-state index in [1.807, 2.05) is 0 Å². The average Bonchev–Trinajstić information content (AvgIpc) is 3.03. The molecule has 1 unspecified atom stereocenters. The van der Waals surface area contributed by atoms with Gasteiger partial charge in [0.25, 0.3) is 0 Å². The molecule has 0 saturated heterocycles. The zero-order valence-electron chi connectivity index (χ0n) is 17.1. The second kappa shape index (κ2) is 8.80. The summed E-state index contributed by atoms with van der Waals surface area (Å²) in [6.07, 6.45) is -8.59. The van der Waals surface area contributed by atoms with Gasteiger partial charge in [-0.3, -0.25) is 4.79 Å². The molecule has 3 aromatic rings. The summed E-state index contributed by atoms with van der Waals surface area (Å²) in [7, 11) is 0. The summed E-state index contributed by atoms with van der Waals surface area (Å²) in [5, 5.41) is 12.2. The molecule has 1 amide bonds. The molecule has 0 saturated carbocycles. The molecule has 2 N–H and O–H groups in total. The Balaban J connectivity index is 2.06. The van der Waals surface area contributed by atoms with E-state index < -0.39 is 41.4 Å². The van der Waals surface area contributed by atoms with Gasteiger partial charge < -0.3 is 15.0 Å². The van der Waals surface area contributed by atoms with Crippen LogP contribution in [-0.4, -0.2) is 27.6 Å². The van der Waals surface area contributed by atoms with Gasteiger partial charge in [-0.05, 0) is 35.4 Å². The van der Waals surface area contributed by atoms with Gasteiger partial charge in [-0.25, -0.2) is 4.79 Å². The number of para-hydroxylation sites is 1. The van der Waals surface area contributed by atoms with Gasteiger partial charge >= 0.3 is 18.3 Å². The smallest absolute Gasteiger partial charge is 0.416 e. The first-order valence-electron chi connectivity index (χ1n) is 9.60. The molecule has 0 aliphatic heterocycles. The van der Waals surface area contributed by atoms with Crippen LogP contribution in [-0.2, 0) is 34.9 Å². The van der Waals surface area contributed by atoms with Gasteiger partial charge in [0.15, 0.2) is 0 Å². The van der Waals surface area contributed by atoms with Gasteiger partial charge in [-0.1, -0.05) is 18.2 Å². The van der Waals surface area contributed by atoms with Crippen LogP contribution in [0, 0.1) is 0 Å². The number of halogens is 6. The van der Waals surface area contributed by atoms with Gasteiger partial charge in [-0.2, -0.15) is 26.3 Å². The highest BCUT2D eigenvalue weighted by Gasteiger charge is 2.37. The maximum absolute atomic E-state index is 13.2. The number of carboxylic acids is 1. The lowest BCUT2D eigenvalue weighted by molar-refractivity contribution is -0.143. The lowest BCUT2D eigenvalue weighted by Crippen LogP contribution is -2.41. The molecule has 33 heavy (non-hydrogen) atoms. The Kier molecular flexibility index (Phi) is 6.44. The molecule has 11 heteroatoms. The summed E-state index contributed by atoms with van der Waals surface area (Å²) >= 11 is 0. The first-order chi connectivity index (χ1) is 15.3. The Morgan fingerprint density at radius 3 is 2.09 bits per heavy atom. The van der Waals surface area contributed by atoms with Crippen molar-refractivity contribution in [1.29, 1.82) is 0 Å². The summed E-state index contributed by atoms with van der Waals surface area (Å²) in [5.74, 6) is -1.84. The van der Waals surface area contributed by atoms with E-state index in [2.05, 4.69) is 5.32 Å². The number of rotatable bonds is 6. The molecule has 0 bridgehead atoms. The van der Waals surface area contributed by atoms with E-state index in [4.69, 9.17) is 0 Å². The van der Waals surface area contributed by atoms with Crippen LogP contribution in [0.4, 0.5) is 26.3 Å². The molecule has 0 fully saturated rings. The van der Waals surface area contributed by atoms with Crippen molar-refractivity contribution in [2.24, 2.45) is 0 Å². The van der Waals surface area contributed by atoms with Crippen LogP contribution in [0.3, 0.4) is 0 Å². The molecule has 0 spiro atoms. The van der Waals surface area contributed by atoms with Crippen LogP contribution in [0.15, 0.2) is 48.7 Å². The molecule has 0 radical (unpaired) electrons. The normalized spacial score (nSPS) is 13.2. The third-order valence-electron chi connectivity index (χ3n) is 4.97. The molecule has 176 valence electrons. The first-order valence-corrected chi connectivity index (χ1v) is 9.60. The van der Waals surface area contributed by atoms with Crippen molar-refractivity contribution in [3.05, 3.63) is 70.9 Å². The minimum Gasteiger partial charge on any atom is -0.480 e. The van der Waals surface area contributed by atoms with Crippen LogP contribution < -0.4 is 5.32 Å². The quantitative estimate of drug-likeness (QED) is 0.504. The number of carboxylic acid groups (broad SMARTS) is 1. The maximum Gasteiger partial charge on any atom is 0.416 e. The van der Waals surface area contributed by atoms with Crippen molar-refractivity contribution in [3.63, 3.8) is 0 Å². The summed E-state index contributed by atoms with van der Waals surface area (Å²) < 4.78 is 80.6. The standard InChI is InChI=1S/C22H18F6N2O3/c1-12(31)29-18(20(32)33)8-14-11-30(19-5-3-2-4-17(14)19)10-13-6-15(21(23,24)25)9-16(7-13)22(26,27)28/h2-7,9,11,18H,8,10H2,1H3,(H,29,31)(H,32,33). The second-order valence-electron chi connectivity index (χ2n) is 7.51. The third kappa shape index (κ3) is 5.65. The first kappa shape index (κ1) is 24.1. The minimum absolute atomic E-state index is 0.0631. The number of amides is 1. The molecule has 5 nitrogen and oxygen atoms in total. The van der Waals surface area contributed by atoms with Crippen molar-refractivity contribution >= 4 is 22.8 Å². The van der Waals surface area contributed by atoms with E-state index in [-0.39, 0.29) is 24.6 Å². The minimum atomic E-state index is -4.97. The third-order valence-corrected chi connectivity index (χ3v) is 4.97. The molecular formula is C22H18F6N2O3. The number of carbonyl (C=O) groups is 2. The number of hydrogen-bond acceptors (Lipinski definition) is 2. The van der Waals surface area contributed by atoms with E-state index in [0.717, 1.165) is 6.92 Å². The lowest BCUT2D eigenvalue weighted by atomic mass is 10.0. The Morgan fingerprint density at radius 2 is 1.58 bits per heavy atom. The molecule has 1 atom stereocenters. The molecular weight excluding hydrogens is 454 g/mol. The van der Waals surface area contributed by atoms with Crippen molar-refractivity contribution in [2.75, 3.05) is 0 Å². The molecule has 3 rings (SSSR count). The molecule has 2 aromatic carbocycles. The van der Waals surface area contributed by atoms with Gasteiger partial charge in [0, 0.05) is 37.0 Å². The SMILES string of the molecule is CC(=O)NC(Cc1cn(Cc2cc(C(F)(F)F)cc(C(F)(F)F)c2)c2ccccc12)C(=O)O. The van der Waals surface area contributed by atoms with Crippen LogP contribution >= 0.6 is 0 Å². The van der Waals surface area contributed by atoms with Gasteiger partial charge in [-0.15, -0.1) is 0 Å². The largest absolute Gasteiger partial charge is 0.480 e. The van der Waals surface area contributed by atoms with Crippen LogP contribution in [0.2, 0.25) is 0 Å². The number of aliphatic carboxylic acids is 1. The molecule has 0 aliphatic rings. The molecule has 1 heterocycles. The number of aromatic nitrogens is 1. The van der Waals surface area contributed by atoms with Crippen molar-refractivity contribution in [3.8, 4) is 0 Å². The van der Waals surface area contributed by atoms with Crippen molar-refractivity contribution in [2.45, 2.75) is 38.3 Å². The second-order valence-corrected chi connectivity index (χ2v) is 7.51. The summed E-state index contributed by atoms with van der Waals surface area (Å²) in [5.41, 5.74) is -2.09. The predicted octanol–water partition coefficient (Wildman–Crippen LogP) is 4.86. The Bertz CT molecular complexity index is 1160. The topological polar surface area (TPSA) is 71.3 Å². The Morgan fingerprint density at radius 1 is 1.00 bits per heavy atom. The summed E-state index contributed by atoms with van der Waals surface area (Å²) in [4.78, 5) is 22.8. The van der Waals surface area contributed by atoms with E-state index in [1.54, 1.807) is 24.3 Å². The maximum atomic E-state index is 13.2. The summed E-state index contributed by atoms with van der Waals surface area (Å²) in [6, 6.07) is 6.68. The number of hydrogen-bond donors (Lipinski definition) is 2. The number of alkyl halides is 6. The van der Waals surface area contributed by atoms with Gasteiger partial charge in [0.1, 0.15) is 6.04 Å². The summed E-state index contributed by atoms with van der Waals surface area (Å²) in [6.45, 7) is 0.844. The van der Waals surface area contributed by atoms with E-state index in [9.17, 15) is 41.0 Å². The van der Waals surface area contributed by atoms with E-state index in [0.29, 0.717) is 28.6 Å². The number of nitrogens with one attached hydrogen (secondary N) is 1. The highest BCUT2D eigenvalue weighted by atomic mass is 19.4. The monoisotopic (exact) mass is 472 g/mol. The van der Waals surface area contributed by atoms with Gasteiger partial charge in [0.2, 0.25) is 5.91 Å². The highest BCUT2D eigenvalue weighted by molar-refractivity contribution is 5.86. The van der Waals surface area contributed by atoms with Crippen LogP contribution in [0.25, 0.3) is 10.9 Å². The number of benzene rings is 2. The highest BCUT2D eigenvalue weighted by Crippen LogP contribution is 2.36. The van der Waals surface area contributed by atoms with E-state index >= 15 is 0 Å². The van der Waals surface area contributed by atoms with Crippen LogP contribution in [0.5, 0.6) is 0 Å². The lowest BCUT2D eigenvalue weighted by Gasteiger charge is -2.15.